The molecule has 0 saturated heterocycles. The van der Waals surface area contributed by atoms with Crippen molar-refractivity contribution in [1.82, 2.24) is 0 Å². The monoisotopic (exact) mass is 423 g/mol. The SMILES string of the molecule is NCCCl.NCCCl.[Cl-].[Cl-].[Pt+2]. The first-order valence-electron chi connectivity index (χ1n) is 2.35. The quantitative estimate of drug-likeness (QED) is 0.434. The molecule has 0 spiro atoms. The fraction of sp³-hybridized carbons (Fsp3) is 1.00. The average molecular weight is 425 g/mol. The Labute approximate surface area is 105 Å². The molecule has 0 saturated carbocycles. The van der Waals surface area contributed by atoms with Crippen LogP contribution in [0.3, 0.4) is 0 Å². The van der Waals surface area contributed by atoms with Gasteiger partial charge < -0.3 is 36.3 Å². The van der Waals surface area contributed by atoms with Gasteiger partial charge in [0.05, 0.1) is 0 Å². The Bertz CT molecular complexity index is 28.1. The van der Waals surface area contributed by atoms with Crippen molar-refractivity contribution >= 4 is 23.2 Å². The smallest absolute Gasteiger partial charge is 1.00 e. The third kappa shape index (κ3) is 79.1. The molecule has 4 N–H and O–H groups in total. The first-order chi connectivity index (χ1) is 3.83. The van der Waals surface area contributed by atoms with E-state index < -0.39 is 0 Å². The summed E-state index contributed by atoms with van der Waals surface area (Å²) in [6.07, 6.45) is 0. The number of halogens is 4. The third-order valence-corrected chi connectivity index (χ3v) is 0.655. The predicted molar refractivity (Wildman–Crippen MR) is 39.5 cm³/mol. The molecule has 7 heteroatoms. The van der Waals surface area contributed by atoms with Crippen molar-refractivity contribution in [2.45, 2.75) is 0 Å². The van der Waals surface area contributed by atoms with Crippen molar-refractivity contribution in [2.24, 2.45) is 11.5 Å². The Morgan fingerprint density at radius 3 is 0.909 bits per heavy atom. The van der Waals surface area contributed by atoms with Gasteiger partial charge in [-0.2, -0.15) is 0 Å². The minimum absolute atomic E-state index is 0. The summed E-state index contributed by atoms with van der Waals surface area (Å²) in [7, 11) is 0. The minimum Gasteiger partial charge on any atom is -1.00 e. The van der Waals surface area contributed by atoms with Crippen molar-refractivity contribution in [1.29, 1.82) is 0 Å². The number of hydrogen-bond donors (Lipinski definition) is 2. The summed E-state index contributed by atoms with van der Waals surface area (Å²) in [5.41, 5.74) is 9.79. The molecule has 11 heavy (non-hydrogen) atoms. The van der Waals surface area contributed by atoms with Crippen molar-refractivity contribution in [3.63, 3.8) is 0 Å². The molecule has 0 heterocycles. The standard InChI is InChI=1S/2C2H6ClN.2ClH.Pt/c2*3-1-2-4;;;/h2*1-2,4H2;2*1H;/q;;;;+2/p-2. The van der Waals surface area contributed by atoms with E-state index in [0.29, 0.717) is 24.8 Å². The molecule has 0 aromatic heterocycles. The molecule has 0 amide bonds. The van der Waals surface area contributed by atoms with E-state index >= 15 is 0 Å². The van der Waals surface area contributed by atoms with Gasteiger partial charge in [-0.3, -0.25) is 0 Å². The number of hydrogen-bond acceptors (Lipinski definition) is 2. The van der Waals surface area contributed by atoms with Gasteiger partial charge in [0.25, 0.3) is 0 Å². The summed E-state index contributed by atoms with van der Waals surface area (Å²) in [4.78, 5) is 0. The maximum absolute atomic E-state index is 5.06. The number of nitrogens with two attached hydrogens (primary N) is 2. The second-order valence-electron chi connectivity index (χ2n) is 0.955. The molecule has 0 unspecified atom stereocenters. The number of alkyl halides is 2. The molecule has 0 atom stereocenters. The van der Waals surface area contributed by atoms with Crippen LogP contribution in [0.4, 0.5) is 0 Å². The topological polar surface area (TPSA) is 52.0 Å². The maximum Gasteiger partial charge on any atom is 2.00 e. The van der Waals surface area contributed by atoms with Crippen LogP contribution in [-0.4, -0.2) is 24.8 Å². The Balaban J connectivity index is -0.0000000171. The van der Waals surface area contributed by atoms with Crippen LogP contribution in [-0.2, 0) is 21.1 Å². The van der Waals surface area contributed by atoms with Crippen LogP contribution >= 0.6 is 23.2 Å². The molecule has 0 rings (SSSR count). The molecule has 76 valence electrons. The van der Waals surface area contributed by atoms with Gasteiger partial charge in [-0.05, 0) is 0 Å². The summed E-state index contributed by atoms with van der Waals surface area (Å²) in [5, 5.41) is 0. The Hall–Kier alpha value is 1.77. The van der Waals surface area contributed by atoms with Crippen molar-refractivity contribution in [2.75, 3.05) is 24.8 Å². The van der Waals surface area contributed by atoms with Gasteiger partial charge in [0.15, 0.2) is 0 Å². The molecule has 0 bridgehead atoms. The van der Waals surface area contributed by atoms with Crippen LogP contribution < -0.4 is 36.3 Å². The van der Waals surface area contributed by atoms with Crippen LogP contribution in [0.25, 0.3) is 0 Å². The number of rotatable bonds is 2. The van der Waals surface area contributed by atoms with Gasteiger partial charge in [-0.15, -0.1) is 23.2 Å². The summed E-state index contributed by atoms with van der Waals surface area (Å²) < 4.78 is 0. The Morgan fingerprint density at radius 2 is 0.909 bits per heavy atom. The van der Waals surface area contributed by atoms with E-state index in [1.54, 1.807) is 0 Å². The zero-order chi connectivity index (χ0) is 6.83. The van der Waals surface area contributed by atoms with Crippen LogP contribution in [0.2, 0.25) is 0 Å². The second kappa shape index (κ2) is 41.0. The maximum atomic E-state index is 5.06. The van der Waals surface area contributed by atoms with Gasteiger partial charge in [0, 0.05) is 24.8 Å². The zero-order valence-corrected chi connectivity index (χ0v) is 11.1. The summed E-state index contributed by atoms with van der Waals surface area (Å²) in [6.45, 7) is 1.17. The molecule has 0 aliphatic heterocycles. The normalized spacial score (nSPS) is 5.45. The van der Waals surface area contributed by atoms with Gasteiger partial charge in [-0.1, -0.05) is 0 Å². The average Bonchev–Trinajstić information content (AvgIpc) is 1.88. The van der Waals surface area contributed by atoms with Crippen LogP contribution in [0.15, 0.2) is 0 Å². The van der Waals surface area contributed by atoms with Gasteiger partial charge in [-0.25, -0.2) is 0 Å². The zero-order valence-electron chi connectivity index (χ0n) is 5.81. The molecule has 0 aromatic carbocycles. The molecule has 0 radical (unpaired) electrons. The second-order valence-corrected chi connectivity index (χ2v) is 1.71. The Morgan fingerprint density at radius 1 is 0.818 bits per heavy atom. The molecule has 0 aromatic rings. The molecule has 2 nitrogen and oxygen atoms in total. The molecule has 0 aliphatic carbocycles. The largest absolute Gasteiger partial charge is 2.00 e. The summed E-state index contributed by atoms with van der Waals surface area (Å²) >= 11 is 10.1. The molecule has 0 fully saturated rings. The van der Waals surface area contributed by atoms with E-state index in [1.165, 1.54) is 0 Å². The first-order valence-corrected chi connectivity index (χ1v) is 3.42. The van der Waals surface area contributed by atoms with E-state index in [0.717, 1.165) is 0 Å². The van der Waals surface area contributed by atoms with Crippen LogP contribution in [0.1, 0.15) is 0 Å². The molecule has 0 aliphatic rings. The van der Waals surface area contributed by atoms with Crippen molar-refractivity contribution in [3.8, 4) is 0 Å². The Kier molecular flexibility index (Phi) is 109. The fourth-order valence-corrected chi connectivity index (χ4v) is 0. The van der Waals surface area contributed by atoms with E-state index in [-0.39, 0.29) is 45.9 Å². The van der Waals surface area contributed by atoms with E-state index in [4.69, 9.17) is 34.7 Å². The molecular weight excluding hydrogens is 413 g/mol. The van der Waals surface area contributed by atoms with E-state index in [2.05, 4.69) is 0 Å². The van der Waals surface area contributed by atoms with Gasteiger partial charge in [0.2, 0.25) is 0 Å². The molecular formula is C4H12Cl4N2Pt. The van der Waals surface area contributed by atoms with Gasteiger partial charge >= 0.3 is 21.1 Å². The predicted octanol–water partition coefficient (Wildman–Crippen LogP) is -5.63. The fourth-order valence-electron chi connectivity index (χ4n) is 0. The van der Waals surface area contributed by atoms with Crippen LogP contribution in [0.5, 0.6) is 0 Å². The van der Waals surface area contributed by atoms with Crippen LogP contribution in [0, 0.1) is 0 Å². The van der Waals surface area contributed by atoms with Crippen molar-refractivity contribution in [3.05, 3.63) is 0 Å². The summed E-state index contributed by atoms with van der Waals surface area (Å²) in [6, 6.07) is 0. The first kappa shape index (κ1) is 29.3. The van der Waals surface area contributed by atoms with E-state index in [9.17, 15) is 0 Å². The van der Waals surface area contributed by atoms with Gasteiger partial charge in [0.1, 0.15) is 0 Å². The van der Waals surface area contributed by atoms with Crippen molar-refractivity contribution < 1.29 is 45.9 Å². The third-order valence-electron chi connectivity index (χ3n) is 0.218. The van der Waals surface area contributed by atoms with E-state index in [1.807, 2.05) is 0 Å². The summed E-state index contributed by atoms with van der Waals surface area (Å²) in [5.74, 6) is 1.14. The minimum atomic E-state index is 0.